The van der Waals surface area contributed by atoms with Gasteiger partial charge in [0.05, 0.1) is 12.1 Å². The third-order valence-corrected chi connectivity index (χ3v) is 4.19. The van der Waals surface area contributed by atoms with E-state index < -0.39 is 0 Å². The van der Waals surface area contributed by atoms with Crippen molar-refractivity contribution in [2.24, 2.45) is 5.92 Å². The second kappa shape index (κ2) is 5.90. The van der Waals surface area contributed by atoms with E-state index in [-0.39, 0.29) is 0 Å². The smallest absolute Gasteiger partial charge is 0.0705 e. The van der Waals surface area contributed by atoms with Gasteiger partial charge in [-0.1, -0.05) is 12.1 Å². The molecule has 0 spiro atoms. The van der Waals surface area contributed by atoms with E-state index in [2.05, 4.69) is 47.6 Å². The topological polar surface area (TPSA) is 34.1 Å². The second-order valence-electron chi connectivity index (χ2n) is 5.77. The monoisotopic (exact) mass is 270 g/mol. The zero-order chi connectivity index (χ0) is 13.9. The van der Waals surface area contributed by atoms with Gasteiger partial charge in [-0.3, -0.25) is 4.98 Å². The Morgan fingerprint density at radius 1 is 1.35 bits per heavy atom. The summed E-state index contributed by atoms with van der Waals surface area (Å²) in [5.41, 5.74) is 3.46. The lowest BCUT2D eigenvalue weighted by Gasteiger charge is -2.19. The molecule has 1 saturated heterocycles. The highest BCUT2D eigenvalue weighted by atomic mass is 16.5. The first-order valence-corrected chi connectivity index (χ1v) is 7.40. The molecule has 2 unspecified atom stereocenters. The van der Waals surface area contributed by atoms with Crippen LogP contribution in [0.5, 0.6) is 0 Å². The van der Waals surface area contributed by atoms with Crippen molar-refractivity contribution in [1.29, 1.82) is 0 Å². The second-order valence-corrected chi connectivity index (χ2v) is 5.77. The van der Waals surface area contributed by atoms with Crippen molar-refractivity contribution in [1.82, 2.24) is 10.3 Å². The lowest BCUT2D eigenvalue weighted by Crippen LogP contribution is -2.33. The summed E-state index contributed by atoms with van der Waals surface area (Å²) in [7, 11) is 0. The van der Waals surface area contributed by atoms with E-state index >= 15 is 0 Å². The largest absolute Gasteiger partial charge is 0.381 e. The Hall–Kier alpha value is -1.45. The van der Waals surface area contributed by atoms with Crippen molar-refractivity contribution in [3.8, 4) is 0 Å². The number of nitrogens with one attached hydrogen (secondary N) is 1. The van der Waals surface area contributed by atoms with Gasteiger partial charge in [-0.15, -0.1) is 0 Å². The van der Waals surface area contributed by atoms with Gasteiger partial charge in [0.15, 0.2) is 0 Å². The predicted octanol–water partition coefficient (Wildman–Crippen LogP) is 3.06. The van der Waals surface area contributed by atoms with Crippen LogP contribution < -0.4 is 5.32 Å². The molecule has 3 nitrogen and oxygen atoms in total. The van der Waals surface area contributed by atoms with Crippen LogP contribution >= 0.6 is 0 Å². The summed E-state index contributed by atoms with van der Waals surface area (Å²) in [4.78, 5) is 4.54. The van der Waals surface area contributed by atoms with Gasteiger partial charge < -0.3 is 10.1 Å². The van der Waals surface area contributed by atoms with Crippen molar-refractivity contribution in [3.05, 3.63) is 41.6 Å². The van der Waals surface area contributed by atoms with Crippen LogP contribution in [-0.4, -0.2) is 24.2 Å². The number of aromatic nitrogens is 1. The Morgan fingerprint density at radius 2 is 2.25 bits per heavy atom. The van der Waals surface area contributed by atoms with Crippen LogP contribution in [0.3, 0.4) is 0 Å². The number of hydrogen-bond donors (Lipinski definition) is 1. The average Bonchev–Trinajstić information content (AvgIpc) is 2.99. The number of nitrogens with zero attached hydrogens (tertiary/aromatic N) is 1. The summed E-state index contributed by atoms with van der Waals surface area (Å²) in [5.74, 6) is 0.653. The Kier molecular flexibility index (Phi) is 3.99. The molecule has 1 N–H and O–H groups in total. The van der Waals surface area contributed by atoms with Gasteiger partial charge in [0.25, 0.3) is 0 Å². The third kappa shape index (κ3) is 3.00. The molecule has 1 fully saturated rings. The van der Waals surface area contributed by atoms with Gasteiger partial charge in [0, 0.05) is 30.3 Å². The molecule has 1 aromatic heterocycles. The zero-order valence-corrected chi connectivity index (χ0v) is 12.2. The van der Waals surface area contributed by atoms with Crippen LogP contribution in [0.4, 0.5) is 0 Å². The van der Waals surface area contributed by atoms with E-state index in [9.17, 15) is 0 Å². The minimum Gasteiger partial charge on any atom is -0.381 e. The number of benzene rings is 1. The van der Waals surface area contributed by atoms with Gasteiger partial charge in [0.2, 0.25) is 0 Å². The van der Waals surface area contributed by atoms with Gasteiger partial charge in [0.1, 0.15) is 0 Å². The summed E-state index contributed by atoms with van der Waals surface area (Å²) in [6.07, 6.45) is 1.18. The summed E-state index contributed by atoms with van der Waals surface area (Å²) in [5, 5.41) is 4.83. The van der Waals surface area contributed by atoms with Crippen LogP contribution in [0, 0.1) is 12.8 Å². The van der Waals surface area contributed by atoms with E-state index in [0.29, 0.717) is 12.0 Å². The predicted molar refractivity (Wildman–Crippen MR) is 81.7 cm³/mol. The maximum absolute atomic E-state index is 5.45. The number of pyridine rings is 1. The lowest BCUT2D eigenvalue weighted by molar-refractivity contribution is 0.178. The summed E-state index contributed by atoms with van der Waals surface area (Å²) >= 11 is 0. The van der Waals surface area contributed by atoms with Crippen molar-refractivity contribution in [2.75, 3.05) is 13.2 Å². The van der Waals surface area contributed by atoms with E-state index in [1.165, 1.54) is 17.4 Å². The summed E-state index contributed by atoms with van der Waals surface area (Å²) in [6, 6.07) is 11.2. The highest BCUT2D eigenvalue weighted by Crippen LogP contribution is 2.18. The van der Waals surface area contributed by atoms with Crippen LogP contribution in [-0.2, 0) is 11.3 Å². The quantitative estimate of drug-likeness (QED) is 0.927. The van der Waals surface area contributed by atoms with Crippen molar-refractivity contribution >= 4 is 10.9 Å². The van der Waals surface area contributed by atoms with Crippen LogP contribution in [0.2, 0.25) is 0 Å². The molecule has 0 aliphatic carbocycles. The molecule has 3 heteroatoms. The molecule has 0 radical (unpaired) electrons. The minimum atomic E-state index is 0.504. The van der Waals surface area contributed by atoms with Gasteiger partial charge in [-0.05, 0) is 49.9 Å². The minimum absolute atomic E-state index is 0.504. The molecule has 2 atom stereocenters. The molecular formula is C17H22N2O. The third-order valence-electron chi connectivity index (χ3n) is 4.19. The van der Waals surface area contributed by atoms with Crippen LogP contribution in [0.1, 0.15) is 24.6 Å². The molecule has 20 heavy (non-hydrogen) atoms. The van der Waals surface area contributed by atoms with Crippen molar-refractivity contribution in [3.63, 3.8) is 0 Å². The van der Waals surface area contributed by atoms with E-state index in [4.69, 9.17) is 4.74 Å². The molecule has 3 rings (SSSR count). The van der Waals surface area contributed by atoms with Crippen molar-refractivity contribution in [2.45, 2.75) is 32.9 Å². The molecule has 0 amide bonds. The van der Waals surface area contributed by atoms with E-state index in [1.54, 1.807) is 0 Å². The van der Waals surface area contributed by atoms with Crippen LogP contribution in [0.15, 0.2) is 30.3 Å². The average molecular weight is 270 g/mol. The highest BCUT2D eigenvalue weighted by Gasteiger charge is 2.21. The number of ether oxygens (including phenoxy) is 1. The fraction of sp³-hybridized carbons (Fsp3) is 0.471. The fourth-order valence-electron chi connectivity index (χ4n) is 2.78. The molecule has 2 aromatic rings. The standard InChI is InChI=1S/C17H22N2O/c1-12-3-5-15-9-14(4-6-17(15)19-12)10-18-13(2)16-7-8-20-11-16/h3-6,9,13,16,18H,7-8,10-11H2,1-2H3. The van der Waals surface area contributed by atoms with E-state index in [1.807, 2.05) is 6.92 Å². The summed E-state index contributed by atoms with van der Waals surface area (Å²) in [6.45, 7) is 7.00. The number of rotatable bonds is 4. The zero-order valence-electron chi connectivity index (χ0n) is 12.2. The molecule has 1 aliphatic heterocycles. The van der Waals surface area contributed by atoms with E-state index in [0.717, 1.165) is 31.0 Å². The molecule has 2 heterocycles. The fourth-order valence-corrected chi connectivity index (χ4v) is 2.78. The molecule has 1 aliphatic rings. The maximum atomic E-state index is 5.45. The van der Waals surface area contributed by atoms with Gasteiger partial charge in [-0.2, -0.15) is 0 Å². The van der Waals surface area contributed by atoms with Gasteiger partial charge >= 0.3 is 0 Å². The first-order valence-electron chi connectivity index (χ1n) is 7.40. The Labute approximate surface area is 120 Å². The first kappa shape index (κ1) is 13.5. The molecule has 106 valence electrons. The first-order chi connectivity index (χ1) is 9.72. The Balaban J connectivity index is 1.66. The van der Waals surface area contributed by atoms with Crippen molar-refractivity contribution < 1.29 is 4.74 Å². The van der Waals surface area contributed by atoms with Crippen LogP contribution in [0.25, 0.3) is 10.9 Å². The lowest BCUT2D eigenvalue weighted by atomic mass is 10.0. The Bertz CT molecular complexity index is 591. The molecular weight excluding hydrogens is 248 g/mol. The molecule has 1 aromatic carbocycles. The number of hydrogen-bond acceptors (Lipinski definition) is 3. The highest BCUT2D eigenvalue weighted by molar-refractivity contribution is 5.79. The molecule has 0 bridgehead atoms. The molecule has 0 saturated carbocycles. The number of aryl methyl sites for hydroxylation is 1. The normalized spacial score (nSPS) is 20.4. The number of fused-ring (bicyclic) bond motifs is 1. The SMILES string of the molecule is Cc1ccc2cc(CNC(C)C3CCOC3)ccc2n1. The Morgan fingerprint density at radius 3 is 3.05 bits per heavy atom. The summed E-state index contributed by atoms with van der Waals surface area (Å²) < 4.78 is 5.45. The maximum Gasteiger partial charge on any atom is 0.0705 e. The van der Waals surface area contributed by atoms with Gasteiger partial charge in [-0.25, -0.2) is 0 Å².